The van der Waals surface area contributed by atoms with Crippen LogP contribution >= 0.6 is 0 Å². The van der Waals surface area contributed by atoms with Crippen LogP contribution < -0.4 is 20.1 Å². The number of hydrogen-bond donors (Lipinski definition) is 2. The topological polar surface area (TPSA) is 84.8 Å². The molecule has 3 aromatic rings. The Bertz CT molecular complexity index is 1010. The number of hydrogen-bond acceptors (Lipinski definition) is 5. The molecule has 0 spiro atoms. The van der Waals surface area contributed by atoms with Crippen LogP contribution in [0, 0.1) is 6.92 Å². The van der Waals surface area contributed by atoms with Crippen molar-refractivity contribution in [2.24, 2.45) is 4.99 Å². The molecule has 0 atom stereocenters. The number of aryl methyl sites for hydroxylation is 1. The third-order valence-corrected chi connectivity index (χ3v) is 4.37. The molecule has 0 fully saturated rings. The number of methoxy groups -OCH3 is 2. The van der Waals surface area contributed by atoms with E-state index in [-0.39, 0.29) is 5.91 Å². The van der Waals surface area contributed by atoms with E-state index in [0.717, 1.165) is 16.9 Å². The molecule has 2 N–H and O–H groups in total. The zero-order valence-corrected chi connectivity index (χ0v) is 17.2. The van der Waals surface area contributed by atoms with Crippen LogP contribution in [0.4, 0.5) is 5.69 Å². The first-order chi connectivity index (χ1) is 14.6. The number of benzene rings is 2. The number of guanidine groups is 1. The average molecular weight is 404 g/mol. The van der Waals surface area contributed by atoms with Crippen LogP contribution in [0.5, 0.6) is 11.5 Å². The number of aromatic nitrogens is 1. The predicted octanol–water partition coefficient (Wildman–Crippen LogP) is 3.81. The first-order valence-electron chi connectivity index (χ1n) is 9.40. The van der Waals surface area contributed by atoms with E-state index in [1.54, 1.807) is 24.4 Å². The molecule has 0 saturated carbocycles. The van der Waals surface area contributed by atoms with Gasteiger partial charge in [-0.05, 0) is 42.8 Å². The molecular formula is C23H24N4O3. The summed E-state index contributed by atoms with van der Waals surface area (Å²) in [5.41, 5.74) is 3.06. The molecule has 7 nitrogen and oxygen atoms in total. The highest BCUT2D eigenvalue weighted by Gasteiger charge is 2.13. The quantitative estimate of drug-likeness (QED) is 0.482. The second-order valence-electron chi connectivity index (χ2n) is 6.48. The van der Waals surface area contributed by atoms with E-state index in [1.807, 2.05) is 49.4 Å². The summed E-state index contributed by atoms with van der Waals surface area (Å²) in [6.45, 7) is 2.30. The number of amides is 1. The van der Waals surface area contributed by atoms with Gasteiger partial charge in [-0.25, -0.2) is 4.99 Å². The molecule has 1 heterocycles. The summed E-state index contributed by atoms with van der Waals surface area (Å²) in [5.74, 6) is 1.03. The van der Waals surface area contributed by atoms with E-state index in [9.17, 15) is 4.79 Å². The van der Waals surface area contributed by atoms with Crippen molar-refractivity contribution < 1.29 is 14.3 Å². The first-order valence-corrected chi connectivity index (χ1v) is 9.40. The highest BCUT2D eigenvalue weighted by atomic mass is 16.5. The summed E-state index contributed by atoms with van der Waals surface area (Å²) in [5, 5.41) is 6.05. The van der Waals surface area contributed by atoms with E-state index in [4.69, 9.17) is 9.47 Å². The molecule has 3 rings (SSSR count). The summed E-state index contributed by atoms with van der Waals surface area (Å²) in [4.78, 5) is 21.7. The van der Waals surface area contributed by atoms with Crippen molar-refractivity contribution in [1.29, 1.82) is 0 Å². The van der Waals surface area contributed by atoms with Crippen LogP contribution in [0.3, 0.4) is 0 Å². The first kappa shape index (κ1) is 20.9. The fourth-order valence-electron chi connectivity index (χ4n) is 2.72. The minimum atomic E-state index is -0.340. The summed E-state index contributed by atoms with van der Waals surface area (Å²) in [6, 6.07) is 18.4. The van der Waals surface area contributed by atoms with Crippen molar-refractivity contribution >= 4 is 17.6 Å². The third kappa shape index (κ3) is 5.57. The third-order valence-electron chi connectivity index (χ3n) is 4.37. The number of ether oxygens (including phenoxy) is 2. The van der Waals surface area contributed by atoms with Crippen LogP contribution in [0.2, 0.25) is 0 Å². The number of carbonyl (C=O) groups excluding carboxylic acids is 1. The number of aliphatic imine (C=N–C) groups is 1. The van der Waals surface area contributed by atoms with Crippen molar-refractivity contribution in [3.8, 4) is 11.5 Å². The number of para-hydroxylation sites is 1. The molecule has 1 amide bonds. The Balaban J connectivity index is 1.86. The summed E-state index contributed by atoms with van der Waals surface area (Å²) in [6.07, 6.45) is 1.71. The molecule has 0 saturated heterocycles. The van der Waals surface area contributed by atoms with Gasteiger partial charge in [0.15, 0.2) is 0 Å². The van der Waals surface area contributed by atoms with Gasteiger partial charge in [-0.1, -0.05) is 24.3 Å². The molecule has 2 aromatic carbocycles. The smallest absolute Gasteiger partial charge is 0.258 e. The Labute approximate surface area is 175 Å². The lowest BCUT2D eigenvalue weighted by atomic mass is 10.2. The Kier molecular flexibility index (Phi) is 7.00. The largest absolute Gasteiger partial charge is 0.497 e. The monoisotopic (exact) mass is 404 g/mol. The van der Waals surface area contributed by atoms with E-state index >= 15 is 0 Å². The molecule has 1 aromatic heterocycles. The SMILES string of the molecule is COc1cc(OC)cc(C(=O)NC(=NCc2ccccn2)Nc2ccccc2C)c1. The molecule has 0 bridgehead atoms. The molecule has 30 heavy (non-hydrogen) atoms. The van der Waals surface area contributed by atoms with Crippen LogP contribution in [-0.2, 0) is 6.54 Å². The van der Waals surface area contributed by atoms with Crippen molar-refractivity contribution in [2.75, 3.05) is 19.5 Å². The Morgan fingerprint density at radius 2 is 1.70 bits per heavy atom. The number of carbonyl (C=O) groups is 1. The highest BCUT2D eigenvalue weighted by molar-refractivity contribution is 6.10. The normalized spacial score (nSPS) is 11.0. The van der Waals surface area contributed by atoms with Crippen LogP contribution in [-0.4, -0.2) is 31.1 Å². The number of nitrogens with one attached hydrogen (secondary N) is 2. The second-order valence-corrected chi connectivity index (χ2v) is 6.48. The predicted molar refractivity (Wildman–Crippen MR) is 117 cm³/mol. The molecule has 7 heteroatoms. The highest BCUT2D eigenvalue weighted by Crippen LogP contribution is 2.22. The van der Waals surface area contributed by atoms with Gasteiger partial charge in [-0.15, -0.1) is 0 Å². The molecule has 0 aliphatic heterocycles. The fourth-order valence-corrected chi connectivity index (χ4v) is 2.72. The maximum Gasteiger partial charge on any atom is 0.258 e. The van der Waals surface area contributed by atoms with Gasteiger partial charge in [0, 0.05) is 23.5 Å². The van der Waals surface area contributed by atoms with Crippen molar-refractivity contribution in [3.63, 3.8) is 0 Å². The average Bonchev–Trinajstić information content (AvgIpc) is 2.79. The van der Waals surface area contributed by atoms with E-state index in [2.05, 4.69) is 20.6 Å². The molecule has 0 unspecified atom stereocenters. The lowest BCUT2D eigenvalue weighted by Gasteiger charge is -2.14. The lowest BCUT2D eigenvalue weighted by Crippen LogP contribution is -2.36. The Hall–Kier alpha value is -3.87. The van der Waals surface area contributed by atoms with Gasteiger partial charge in [0.2, 0.25) is 5.96 Å². The van der Waals surface area contributed by atoms with Gasteiger partial charge >= 0.3 is 0 Å². The molecule has 0 aliphatic rings. The number of nitrogens with zero attached hydrogens (tertiary/aromatic N) is 2. The molecule has 0 aliphatic carbocycles. The van der Waals surface area contributed by atoms with Gasteiger partial charge in [-0.3, -0.25) is 15.1 Å². The van der Waals surface area contributed by atoms with Crippen LogP contribution in [0.1, 0.15) is 21.6 Å². The maximum atomic E-state index is 12.9. The van der Waals surface area contributed by atoms with Crippen molar-refractivity contribution in [1.82, 2.24) is 10.3 Å². The van der Waals surface area contributed by atoms with Crippen LogP contribution in [0.15, 0.2) is 71.9 Å². The van der Waals surface area contributed by atoms with Gasteiger partial charge in [0.1, 0.15) is 11.5 Å². The number of anilines is 1. The minimum absolute atomic E-state index is 0.316. The summed E-state index contributed by atoms with van der Waals surface area (Å²) >= 11 is 0. The molecular weight excluding hydrogens is 380 g/mol. The van der Waals surface area contributed by atoms with Gasteiger partial charge in [0.25, 0.3) is 5.91 Å². The van der Waals surface area contributed by atoms with Gasteiger partial charge in [-0.2, -0.15) is 0 Å². The summed E-state index contributed by atoms with van der Waals surface area (Å²) < 4.78 is 10.5. The minimum Gasteiger partial charge on any atom is -0.497 e. The zero-order chi connectivity index (χ0) is 21.3. The Morgan fingerprint density at radius 1 is 1.00 bits per heavy atom. The number of pyridine rings is 1. The van der Waals surface area contributed by atoms with Crippen molar-refractivity contribution in [3.05, 3.63) is 83.7 Å². The lowest BCUT2D eigenvalue weighted by molar-refractivity contribution is 0.0976. The Morgan fingerprint density at radius 3 is 2.33 bits per heavy atom. The van der Waals surface area contributed by atoms with Gasteiger partial charge in [0.05, 0.1) is 26.5 Å². The van der Waals surface area contributed by atoms with Crippen molar-refractivity contribution in [2.45, 2.75) is 13.5 Å². The molecule has 0 radical (unpaired) electrons. The van der Waals surface area contributed by atoms with E-state index in [0.29, 0.717) is 29.6 Å². The fraction of sp³-hybridized carbons (Fsp3) is 0.174. The second kappa shape index (κ2) is 10.1. The number of rotatable bonds is 6. The maximum absolute atomic E-state index is 12.9. The zero-order valence-electron chi connectivity index (χ0n) is 17.2. The standard InChI is InChI=1S/C23H24N4O3/c1-16-8-4-5-10-21(16)26-23(25-15-18-9-6-7-11-24-18)27-22(28)17-12-19(29-2)14-20(13-17)30-3/h4-14H,15H2,1-3H3,(H2,25,26,27,28). The van der Waals surface area contributed by atoms with Gasteiger partial charge < -0.3 is 14.8 Å². The molecule has 154 valence electrons. The van der Waals surface area contributed by atoms with E-state index < -0.39 is 0 Å². The van der Waals surface area contributed by atoms with E-state index in [1.165, 1.54) is 14.2 Å². The van der Waals surface area contributed by atoms with Crippen LogP contribution in [0.25, 0.3) is 0 Å². The summed E-state index contributed by atoms with van der Waals surface area (Å²) in [7, 11) is 3.08.